The normalized spacial score (nSPS) is 45.0. The number of ether oxygens (including phenoxy) is 1. The van der Waals surface area contributed by atoms with Gasteiger partial charge in [0, 0.05) is 0 Å². The topological polar surface area (TPSA) is 9.23 Å². The summed E-state index contributed by atoms with van der Waals surface area (Å²) in [4.78, 5) is 0. The number of hydrogen-bond acceptors (Lipinski definition) is 1. The number of aryl methyl sites for hydroxylation is 1. The minimum absolute atomic E-state index is 0.521. The van der Waals surface area contributed by atoms with Gasteiger partial charge in [-0.05, 0) is 97.3 Å². The maximum absolute atomic E-state index is 5.45. The molecule has 0 aliphatic heterocycles. The molecule has 1 heteroatoms. The van der Waals surface area contributed by atoms with E-state index in [1.54, 1.807) is 18.2 Å². The van der Waals surface area contributed by atoms with Crippen LogP contribution in [-0.2, 0) is 6.42 Å². The van der Waals surface area contributed by atoms with Crippen LogP contribution in [-0.4, -0.2) is 7.11 Å². The van der Waals surface area contributed by atoms with E-state index in [1.165, 1.54) is 32.1 Å². The molecule has 1 nitrogen and oxygen atoms in total. The molecule has 4 aliphatic rings. The summed E-state index contributed by atoms with van der Waals surface area (Å²) in [5, 5.41) is 0. The van der Waals surface area contributed by atoms with Gasteiger partial charge in [0.05, 0.1) is 7.11 Å². The Morgan fingerprint density at radius 3 is 2.83 bits per heavy atom. The van der Waals surface area contributed by atoms with Crippen molar-refractivity contribution < 1.29 is 4.74 Å². The zero-order chi connectivity index (χ0) is 15.8. The molecule has 3 fully saturated rings. The lowest BCUT2D eigenvalue weighted by molar-refractivity contribution is 0.0617. The molecule has 0 spiro atoms. The summed E-state index contributed by atoms with van der Waals surface area (Å²) in [6.07, 6.45) is 9.39. The van der Waals surface area contributed by atoms with Crippen LogP contribution in [0.4, 0.5) is 0 Å². The molecule has 4 aliphatic carbocycles. The first-order chi connectivity index (χ1) is 11.2. The van der Waals surface area contributed by atoms with E-state index in [0.717, 1.165) is 35.3 Å². The van der Waals surface area contributed by atoms with Crippen molar-refractivity contribution in [2.75, 3.05) is 7.11 Å². The van der Waals surface area contributed by atoms with Crippen LogP contribution in [0.5, 0.6) is 5.75 Å². The van der Waals surface area contributed by atoms with Gasteiger partial charge >= 0.3 is 0 Å². The van der Waals surface area contributed by atoms with Crippen molar-refractivity contribution in [3.63, 3.8) is 0 Å². The molecule has 5 rings (SSSR count). The van der Waals surface area contributed by atoms with E-state index in [0.29, 0.717) is 5.41 Å². The van der Waals surface area contributed by atoms with E-state index in [-0.39, 0.29) is 0 Å². The standard InChI is InChI=1S/C22H28O/c1-4-20-18-12-19(18)21-17-7-5-13-11-14(23-3)6-8-15(13)16(17)9-10-22(20,21)2/h4,6,8,11,16-19,21H,5,7,9-10,12H2,1-3H3/b20-4+/t16-,17-,18+,19-,21-,22-/m1/s1. The average Bonchev–Trinajstić information content (AvgIpc) is 3.28. The van der Waals surface area contributed by atoms with E-state index >= 15 is 0 Å². The predicted octanol–water partition coefficient (Wildman–Crippen LogP) is 5.35. The number of hydrogen-bond donors (Lipinski definition) is 0. The molecule has 23 heavy (non-hydrogen) atoms. The largest absolute Gasteiger partial charge is 0.497 e. The summed E-state index contributed by atoms with van der Waals surface area (Å²) in [7, 11) is 1.78. The van der Waals surface area contributed by atoms with Crippen LogP contribution in [0, 0.1) is 29.1 Å². The summed E-state index contributed by atoms with van der Waals surface area (Å²) < 4.78 is 5.45. The van der Waals surface area contributed by atoms with Gasteiger partial charge in [-0.1, -0.05) is 24.6 Å². The van der Waals surface area contributed by atoms with Crippen LogP contribution in [0.3, 0.4) is 0 Å². The Morgan fingerprint density at radius 2 is 2.04 bits per heavy atom. The molecule has 0 amide bonds. The molecule has 0 radical (unpaired) electrons. The second-order valence-electron chi connectivity index (χ2n) is 8.61. The fourth-order valence-corrected chi connectivity index (χ4v) is 7.00. The molecular formula is C22H28O. The second kappa shape index (κ2) is 4.65. The second-order valence-corrected chi connectivity index (χ2v) is 8.61. The number of methoxy groups -OCH3 is 1. The molecular weight excluding hydrogens is 280 g/mol. The van der Waals surface area contributed by atoms with Crippen LogP contribution in [0.15, 0.2) is 29.8 Å². The Labute approximate surface area is 140 Å². The predicted molar refractivity (Wildman–Crippen MR) is 93.7 cm³/mol. The van der Waals surface area contributed by atoms with Crippen molar-refractivity contribution in [2.24, 2.45) is 29.1 Å². The highest BCUT2D eigenvalue weighted by Crippen LogP contribution is 2.74. The van der Waals surface area contributed by atoms with Gasteiger partial charge in [0.2, 0.25) is 0 Å². The summed E-state index contributed by atoms with van der Waals surface area (Å²) in [5.41, 5.74) is 5.56. The van der Waals surface area contributed by atoms with E-state index in [9.17, 15) is 0 Å². The smallest absolute Gasteiger partial charge is 0.119 e. The van der Waals surface area contributed by atoms with Gasteiger partial charge in [-0.25, -0.2) is 0 Å². The van der Waals surface area contributed by atoms with Crippen molar-refractivity contribution >= 4 is 0 Å². The highest BCUT2D eigenvalue weighted by molar-refractivity contribution is 5.43. The number of rotatable bonds is 1. The number of allylic oxidation sites excluding steroid dienone is 2. The quantitative estimate of drug-likeness (QED) is 0.635. The van der Waals surface area contributed by atoms with Crippen LogP contribution in [0.1, 0.15) is 56.6 Å². The number of benzene rings is 1. The lowest BCUT2D eigenvalue weighted by Crippen LogP contribution is -2.42. The van der Waals surface area contributed by atoms with Crippen molar-refractivity contribution in [1.29, 1.82) is 0 Å². The Kier molecular flexibility index (Phi) is 2.86. The van der Waals surface area contributed by atoms with Gasteiger partial charge in [0.15, 0.2) is 0 Å². The van der Waals surface area contributed by atoms with E-state index in [4.69, 9.17) is 4.74 Å². The van der Waals surface area contributed by atoms with Gasteiger partial charge < -0.3 is 4.74 Å². The van der Waals surface area contributed by atoms with Gasteiger partial charge in [-0.3, -0.25) is 0 Å². The molecule has 0 bridgehead atoms. The first-order valence-corrected chi connectivity index (χ1v) is 9.51. The molecule has 1 aromatic carbocycles. The maximum Gasteiger partial charge on any atom is 0.119 e. The van der Waals surface area contributed by atoms with Crippen LogP contribution >= 0.6 is 0 Å². The van der Waals surface area contributed by atoms with Gasteiger partial charge in [0.25, 0.3) is 0 Å². The van der Waals surface area contributed by atoms with Crippen LogP contribution in [0.25, 0.3) is 0 Å². The lowest BCUT2D eigenvalue weighted by atomic mass is 9.53. The van der Waals surface area contributed by atoms with E-state index in [2.05, 4.69) is 38.1 Å². The van der Waals surface area contributed by atoms with Gasteiger partial charge in [-0.15, -0.1) is 0 Å². The minimum atomic E-state index is 0.521. The maximum atomic E-state index is 5.45. The van der Waals surface area contributed by atoms with E-state index < -0.39 is 0 Å². The molecule has 0 saturated heterocycles. The molecule has 3 saturated carbocycles. The molecule has 122 valence electrons. The zero-order valence-corrected chi connectivity index (χ0v) is 14.6. The first-order valence-electron chi connectivity index (χ1n) is 9.51. The Balaban J connectivity index is 1.54. The lowest BCUT2D eigenvalue weighted by Gasteiger charge is -2.51. The highest BCUT2D eigenvalue weighted by atomic mass is 16.5. The Bertz CT molecular complexity index is 687. The van der Waals surface area contributed by atoms with Crippen molar-refractivity contribution in [1.82, 2.24) is 0 Å². The average molecular weight is 308 g/mol. The zero-order valence-electron chi connectivity index (χ0n) is 14.6. The molecule has 6 atom stereocenters. The molecule has 0 N–H and O–H groups in total. The summed E-state index contributed by atoms with van der Waals surface area (Å²) in [6.45, 7) is 4.88. The van der Waals surface area contributed by atoms with E-state index in [1.807, 2.05) is 5.57 Å². The molecule has 0 aromatic heterocycles. The summed E-state index contributed by atoms with van der Waals surface area (Å²) in [6, 6.07) is 6.86. The summed E-state index contributed by atoms with van der Waals surface area (Å²) in [5.74, 6) is 5.67. The van der Waals surface area contributed by atoms with Crippen molar-refractivity contribution in [3.05, 3.63) is 41.0 Å². The third kappa shape index (κ3) is 1.74. The van der Waals surface area contributed by atoms with Crippen molar-refractivity contribution in [3.8, 4) is 5.75 Å². The Morgan fingerprint density at radius 1 is 1.17 bits per heavy atom. The highest BCUT2D eigenvalue weighted by Gasteiger charge is 2.65. The SMILES string of the molecule is C/C=C1\[C@H]2C[C@H]2[C@H]2[C@@H]3CCc4cc(OC)ccc4[C@H]3CC[C@]12C. The van der Waals surface area contributed by atoms with Crippen LogP contribution in [0.2, 0.25) is 0 Å². The fraction of sp³-hybridized carbons (Fsp3) is 0.636. The van der Waals surface area contributed by atoms with Gasteiger partial charge in [-0.2, -0.15) is 0 Å². The molecule has 0 unspecified atom stereocenters. The minimum Gasteiger partial charge on any atom is -0.497 e. The van der Waals surface area contributed by atoms with Crippen LogP contribution < -0.4 is 4.74 Å². The molecule has 1 aromatic rings. The van der Waals surface area contributed by atoms with Gasteiger partial charge in [0.1, 0.15) is 5.75 Å². The third-order valence-electron chi connectivity index (χ3n) is 7.86. The van der Waals surface area contributed by atoms with Crippen molar-refractivity contribution in [2.45, 2.75) is 51.9 Å². The monoisotopic (exact) mass is 308 g/mol. The Hall–Kier alpha value is -1.24. The number of fused-ring (bicyclic) bond motifs is 7. The molecule has 0 heterocycles. The fourth-order valence-electron chi connectivity index (χ4n) is 7.00. The summed E-state index contributed by atoms with van der Waals surface area (Å²) >= 11 is 0. The first kappa shape index (κ1) is 14.1. The third-order valence-corrected chi connectivity index (χ3v) is 7.86.